The molecule has 56 heavy (non-hydrogen) atoms. The van der Waals surface area contributed by atoms with Crippen LogP contribution in [0.25, 0.3) is 128 Å². The topological polar surface area (TPSA) is 34.6 Å². The van der Waals surface area contributed by atoms with Gasteiger partial charge >= 0.3 is 0 Å². The van der Waals surface area contributed by atoms with E-state index in [1.54, 1.807) is 0 Å². The number of rotatable bonds is 1. The first-order chi connectivity index (χ1) is 27.7. The van der Waals surface area contributed by atoms with Crippen LogP contribution in [0.4, 0.5) is 0 Å². The summed E-state index contributed by atoms with van der Waals surface area (Å²) in [7, 11) is 0. The van der Waals surface area contributed by atoms with Crippen LogP contribution in [-0.4, -0.2) is 18.8 Å². The molecular formula is C50H26N4S2. The standard InChI is InChI=1S/C50H26N4S2/c1-2-12-32-29(9-1)35-23-37-30-10-3-7-15-45(30)56-48(37)26-44(35)54-42-20-18-28(22-40(42)52-49(32)54)27-17-19-33-34(21-27)36-25-47-38(31-11-4-8-16-46(31)55-47)24-43(36)53-41-14-6-5-13-39(41)51-50(33)53/h1-26H. The van der Waals surface area contributed by atoms with Gasteiger partial charge in [-0.05, 0) is 94.7 Å². The second kappa shape index (κ2) is 10.5. The summed E-state index contributed by atoms with van der Waals surface area (Å²) in [5, 5.41) is 12.5. The molecule has 4 nitrogen and oxygen atoms in total. The number of hydrogen-bond donors (Lipinski definition) is 0. The van der Waals surface area contributed by atoms with Crippen molar-refractivity contribution in [3.05, 3.63) is 158 Å². The minimum atomic E-state index is 0.987. The Balaban J connectivity index is 1.04. The molecule has 0 amide bonds. The Labute approximate surface area is 325 Å². The van der Waals surface area contributed by atoms with Gasteiger partial charge in [-0.3, -0.25) is 8.80 Å². The Hall–Kier alpha value is -6.86. The first-order valence-corrected chi connectivity index (χ1v) is 20.5. The Morgan fingerprint density at radius 2 is 0.857 bits per heavy atom. The summed E-state index contributed by atoms with van der Waals surface area (Å²) in [6, 6.07) is 58.0. The predicted octanol–water partition coefficient (Wildman–Crippen LogP) is 14.3. The van der Waals surface area contributed by atoms with Crippen molar-refractivity contribution >= 4 is 140 Å². The SMILES string of the molecule is c1ccc2c(c1)nc1c3ccc(-c4ccc5c(c4)nc4c6ccccc6c6cc7c(cc6n54)sc4ccccc47)cc3c3cc4sc5ccccc5c4cc3n21. The van der Waals surface area contributed by atoms with Gasteiger partial charge in [-0.25, -0.2) is 9.97 Å². The maximum absolute atomic E-state index is 5.39. The van der Waals surface area contributed by atoms with Crippen LogP contribution in [0.1, 0.15) is 0 Å². The maximum atomic E-state index is 5.39. The highest BCUT2D eigenvalue weighted by atomic mass is 32.1. The van der Waals surface area contributed by atoms with Crippen molar-refractivity contribution in [1.29, 1.82) is 0 Å². The summed E-state index contributed by atoms with van der Waals surface area (Å²) in [6.07, 6.45) is 0. The number of thiophene rings is 2. The monoisotopic (exact) mass is 746 g/mol. The highest BCUT2D eigenvalue weighted by molar-refractivity contribution is 7.26. The van der Waals surface area contributed by atoms with Crippen LogP contribution in [0.3, 0.4) is 0 Å². The zero-order valence-electron chi connectivity index (χ0n) is 29.6. The van der Waals surface area contributed by atoms with Gasteiger partial charge in [0.05, 0.1) is 33.1 Å². The second-order valence-electron chi connectivity index (χ2n) is 15.0. The van der Waals surface area contributed by atoms with E-state index in [2.05, 4.69) is 167 Å². The van der Waals surface area contributed by atoms with Gasteiger partial charge in [0.2, 0.25) is 0 Å². The maximum Gasteiger partial charge on any atom is 0.146 e. The number of fused-ring (bicyclic) bond motifs is 22. The van der Waals surface area contributed by atoms with Crippen molar-refractivity contribution in [3.63, 3.8) is 0 Å². The third-order valence-corrected chi connectivity index (χ3v) is 14.3. The third kappa shape index (κ3) is 3.77. The predicted molar refractivity (Wildman–Crippen MR) is 240 cm³/mol. The fraction of sp³-hybridized carbons (Fsp3) is 0. The molecule has 0 radical (unpaired) electrons. The Kier molecular flexibility index (Phi) is 5.51. The van der Waals surface area contributed by atoms with Gasteiger partial charge in [0.15, 0.2) is 0 Å². The zero-order valence-corrected chi connectivity index (χ0v) is 31.2. The fourth-order valence-electron chi connectivity index (χ4n) is 9.51. The van der Waals surface area contributed by atoms with E-state index in [0.717, 1.165) is 55.3 Å². The average Bonchev–Trinajstić information content (AvgIpc) is 4.02. The number of nitrogens with zero attached hydrogens (tertiary/aromatic N) is 4. The number of aromatic nitrogens is 4. The molecule has 0 N–H and O–H groups in total. The van der Waals surface area contributed by atoms with Crippen LogP contribution in [0.2, 0.25) is 0 Å². The van der Waals surface area contributed by atoms with Crippen LogP contribution in [-0.2, 0) is 0 Å². The summed E-state index contributed by atoms with van der Waals surface area (Å²) in [6.45, 7) is 0. The lowest BCUT2D eigenvalue weighted by atomic mass is 9.98. The summed E-state index contributed by atoms with van der Waals surface area (Å²) >= 11 is 3.73. The molecule has 0 fully saturated rings. The van der Waals surface area contributed by atoms with Crippen LogP contribution in [0.15, 0.2) is 158 Å². The van der Waals surface area contributed by atoms with Crippen molar-refractivity contribution < 1.29 is 0 Å². The van der Waals surface area contributed by atoms with Gasteiger partial charge in [-0.2, -0.15) is 0 Å². The van der Waals surface area contributed by atoms with Crippen molar-refractivity contribution in [2.45, 2.75) is 0 Å². The van der Waals surface area contributed by atoms with Crippen molar-refractivity contribution in [3.8, 4) is 11.1 Å². The van der Waals surface area contributed by atoms with Gasteiger partial charge < -0.3 is 0 Å². The molecule has 6 heteroatoms. The van der Waals surface area contributed by atoms with Crippen LogP contribution in [0, 0.1) is 0 Å². The number of imidazole rings is 2. The molecular weight excluding hydrogens is 721 g/mol. The van der Waals surface area contributed by atoms with Gasteiger partial charge in [0, 0.05) is 61.9 Å². The van der Waals surface area contributed by atoms with Gasteiger partial charge in [0.25, 0.3) is 0 Å². The largest absolute Gasteiger partial charge is 0.292 e. The van der Waals surface area contributed by atoms with E-state index < -0.39 is 0 Å². The molecule has 258 valence electrons. The van der Waals surface area contributed by atoms with Crippen molar-refractivity contribution in [2.24, 2.45) is 0 Å². The van der Waals surface area contributed by atoms with Crippen LogP contribution in [0.5, 0.6) is 0 Å². The average molecular weight is 747 g/mol. The zero-order chi connectivity index (χ0) is 36.2. The van der Waals surface area contributed by atoms with E-state index in [1.165, 1.54) is 72.9 Å². The van der Waals surface area contributed by atoms with E-state index in [9.17, 15) is 0 Å². The molecule has 0 aliphatic carbocycles. The molecule has 0 saturated carbocycles. The van der Waals surface area contributed by atoms with Crippen LogP contribution >= 0.6 is 22.7 Å². The highest BCUT2D eigenvalue weighted by Gasteiger charge is 2.19. The van der Waals surface area contributed by atoms with E-state index in [1.807, 2.05) is 22.7 Å². The Morgan fingerprint density at radius 1 is 0.304 bits per heavy atom. The minimum Gasteiger partial charge on any atom is -0.292 e. The summed E-state index contributed by atoms with van der Waals surface area (Å²) in [4.78, 5) is 10.6. The molecule has 0 aliphatic rings. The lowest BCUT2D eigenvalue weighted by Gasteiger charge is -2.12. The summed E-state index contributed by atoms with van der Waals surface area (Å²) in [5.41, 5.74) is 10.9. The molecule has 6 aromatic heterocycles. The lowest BCUT2D eigenvalue weighted by molar-refractivity contribution is 1.32. The Bertz CT molecular complexity index is 4070. The number of para-hydroxylation sites is 2. The number of benzene rings is 8. The van der Waals surface area contributed by atoms with E-state index in [0.29, 0.717) is 0 Å². The molecule has 14 aromatic rings. The van der Waals surface area contributed by atoms with Crippen molar-refractivity contribution in [2.75, 3.05) is 0 Å². The molecule has 14 rings (SSSR count). The fourth-order valence-corrected chi connectivity index (χ4v) is 11.8. The molecule has 0 atom stereocenters. The normalized spacial score (nSPS) is 12.6. The summed E-state index contributed by atoms with van der Waals surface area (Å²) < 4.78 is 9.96. The first-order valence-electron chi connectivity index (χ1n) is 18.9. The minimum absolute atomic E-state index is 0.987. The van der Waals surface area contributed by atoms with E-state index in [-0.39, 0.29) is 0 Å². The molecule has 0 aliphatic heterocycles. The molecule has 0 bridgehead atoms. The van der Waals surface area contributed by atoms with Crippen molar-refractivity contribution in [1.82, 2.24) is 18.8 Å². The molecule has 0 spiro atoms. The molecule has 6 heterocycles. The highest BCUT2D eigenvalue weighted by Crippen LogP contribution is 2.43. The summed E-state index contributed by atoms with van der Waals surface area (Å²) in [5.74, 6) is 0. The van der Waals surface area contributed by atoms with Gasteiger partial charge in [0.1, 0.15) is 11.3 Å². The Morgan fingerprint density at radius 3 is 1.66 bits per heavy atom. The quantitative estimate of drug-likeness (QED) is 0.157. The number of pyridine rings is 2. The van der Waals surface area contributed by atoms with Gasteiger partial charge in [-0.1, -0.05) is 84.9 Å². The second-order valence-corrected chi connectivity index (χ2v) is 17.1. The molecule has 8 aromatic carbocycles. The van der Waals surface area contributed by atoms with Crippen LogP contribution < -0.4 is 0 Å². The smallest absolute Gasteiger partial charge is 0.146 e. The van der Waals surface area contributed by atoms with E-state index >= 15 is 0 Å². The van der Waals surface area contributed by atoms with E-state index in [4.69, 9.17) is 9.97 Å². The molecule has 0 saturated heterocycles. The molecule has 0 unspecified atom stereocenters. The number of hydrogen-bond acceptors (Lipinski definition) is 4. The van der Waals surface area contributed by atoms with Gasteiger partial charge in [-0.15, -0.1) is 22.7 Å². The first kappa shape index (κ1) is 29.5. The third-order valence-electron chi connectivity index (χ3n) is 12.0. The lowest BCUT2D eigenvalue weighted by Crippen LogP contribution is -1.92.